The van der Waals surface area contributed by atoms with Gasteiger partial charge in [0.25, 0.3) is 5.91 Å². The van der Waals surface area contributed by atoms with Gasteiger partial charge >= 0.3 is 6.09 Å². The Bertz CT molecular complexity index is 217. The molecule has 1 fully saturated rings. The lowest BCUT2D eigenvalue weighted by Gasteiger charge is -2.13. The van der Waals surface area contributed by atoms with Crippen LogP contribution in [0.2, 0.25) is 0 Å². The zero-order valence-electron chi connectivity index (χ0n) is 7.03. The van der Waals surface area contributed by atoms with Crippen molar-refractivity contribution in [3.05, 3.63) is 0 Å². The molecule has 0 aliphatic carbocycles. The largest absolute Gasteiger partial charge is 0.436 e. The van der Waals surface area contributed by atoms with Crippen LogP contribution in [-0.2, 0) is 9.53 Å². The van der Waals surface area contributed by atoms with Gasteiger partial charge in [-0.15, -0.1) is 0 Å². The molecule has 0 aromatic rings. The SMILES string of the molecule is C[C@H]1[C@H](OC(N)=O)C(=O)N[C@@H]1C. The molecule has 68 valence electrons. The van der Waals surface area contributed by atoms with E-state index in [1.807, 2.05) is 13.8 Å². The Kier molecular flexibility index (Phi) is 2.21. The van der Waals surface area contributed by atoms with E-state index in [1.165, 1.54) is 0 Å². The molecule has 0 aromatic carbocycles. The molecular weight excluding hydrogens is 160 g/mol. The standard InChI is InChI=1S/C7H12N2O3/c1-3-4(2)9-6(10)5(3)12-7(8)11/h3-5H,1-2H3,(H2,8,11)(H,9,10)/t3-,4-,5+/m1/s1. The maximum atomic E-state index is 11.1. The fourth-order valence-corrected chi connectivity index (χ4v) is 1.22. The third-order valence-corrected chi connectivity index (χ3v) is 2.14. The zero-order chi connectivity index (χ0) is 9.30. The van der Waals surface area contributed by atoms with E-state index in [-0.39, 0.29) is 17.9 Å². The summed E-state index contributed by atoms with van der Waals surface area (Å²) in [7, 11) is 0. The number of nitrogens with two attached hydrogens (primary N) is 1. The number of rotatable bonds is 1. The predicted molar refractivity (Wildman–Crippen MR) is 41.2 cm³/mol. The highest BCUT2D eigenvalue weighted by atomic mass is 16.6. The summed E-state index contributed by atoms with van der Waals surface area (Å²) in [4.78, 5) is 21.5. The van der Waals surface area contributed by atoms with E-state index in [9.17, 15) is 9.59 Å². The highest BCUT2D eigenvalue weighted by Gasteiger charge is 2.39. The number of hydrogen-bond donors (Lipinski definition) is 2. The van der Waals surface area contributed by atoms with Gasteiger partial charge in [-0.1, -0.05) is 6.92 Å². The molecule has 3 N–H and O–H groups in total. The van der Waals surface area contributed by atoms with Gasteiger partial charge in [0.15, 0.2) is 6.10 Å². The van der Waals surface area contributed by atoms with Gasteiger partial charge in [-0.2, -0.15) is 0 Å². The first-order valence-electron chi connectivity index (χ1n) is 3.79. The monoisotopic (exact) mass is 172 g/mol. The number of carbonyl (C=O) groups excluding carboxylic acids is 2. The number of primary amides is 1. The summed E-state index contributed by atoms with van der Waals surface area (Å²) in [5.74, 6) is -0.293. The molecule has 0 spiro atoms. The Morgan fingerprint density at radius 3 is 2.50 bits per heavy atom. The highest BCUT2D eigenvalue weighted by molar-refractivity contribution is 5.85. The van der Waals surface area contributed by atoms with Gasteiger partial charge < -0.3 is 15.8 Å². The van der Waals surface area contributed by atoms with Crippen molar-refractivity contribution in [3.8, 4) is 0 Å². The lowest BCUT2D eigenvalue weighted by atomic mass is 10.0. The van der Waals surface area contributed by atoms with Crippen molar-refractivity contribution in [1.82, 2.24) is 5.32 Å². The van der Waals surface area contributed by atoms with Crippen LogP contribution >= 0.6 is 0 Å². The van der Waals surface area contributed by atoms with Crippen LogP contribution in [0.3, 0.4) is 0 Å². The minimum atomic E-state index is -0.906. The predicted octanol–water partition coefficient (Wildman–Crippen LogP) is -0.395. The van der Waals surface area contributed by atoms with Gasteiger partial charge in [0, 0.05) is 12.0 Å². The Labute approximate surface area is 70.2 Å². The maximum Gasteiger partial charge on any atom is 0.405 e. The zero-order valence-corrected chi connectivity index (χ0v) is 7.03. The van der Waals surface area contributed by atoms with Crippen molar-refractivity contribution >= 4 is 12.0 Å². The van der Waals surface area contributed by atoms with Crippen molar-refractivity contribution in [2.75, 3.05) is 0 Å². The van der Waals surface area contributed by atoms with Crippen molar-refractivity contribution in [3.63, 3.8) is 0 Å². The first kappa shape index (κ1) is 8.83. The normalized spacial score (nSPS) is 34.5. The van der Waals surface area contributed by atoms with Gasteiger partial charge in [0.1, 0.15) is 0 Å². The topological polar surface area (TPSA) is 81.4 Å². The molecule has 0 bridgehead atoms. The van der Waals surface area contributed by atoms with Crippen LogP contribution in [-0.4, -0.2) is 24.1 Å². The smallest absolute Gasteiger partial charge is 0.405 e. The lowest BCUT2D eigenvalue weighted by molar-refractivity contribution is -0.127. The molecule has 0 aromatic heterocycles. The van der Waals surface area contributed by atoms with Crippen LogP contribution in [0.4, 0.5) is 4.79 Å². The van der Waals surface area contributed by atoms with E-state index >= 15 is 0 Å². The van der Waals surface area contributed by atoms with Gasteiger partial charge in [0.05, 0.1) is 0 Å². The molecule has 2 amide bonds. The fraction of sp³-hybridized carbons (Fsp3) is 0.714. The summed E-state index contributed by atoms with van der Waals surface area (Å²) in [6, 6.07) is 0.0295. The van der Waals surface area contributed by atoms with E-state index in [1.54, 1.807) is 0 Å². The average molecular weight is 172 g/mol. The number of carbonyl (C=O) groups is 2. The Balaban J connectivity index is 2.63. The fourth-order valence-electron chi connectivity index (χ4n) is 1.22. The second kappa shape index (κ2) is 3.00. The van der Waals surface area contributed by atoms with Gasteiger partial charge in [-0.25, -0.2) is 4.79 Å². The van der Waals surface area contributed by atoms with Crippen LogP contribution in [0.5, 0.6) is 0 Å². The molecular formula is C7H12N2O3. The molecule has 0 saturated carbocycles. The van der Waals surface area contributed by atoms with Crippen molar-refractivity contribution in [2.24, 2.45) is 11.7 Å². The van der Waals surface area contributed by atoms with E-state index in [4.69, 9.17) is 5.73 Å². The second-order valence-corrected chi connectivity index (χ2v) is 3.01. The Morgan fingerprint density at radius 1 is 1.58 bits per heavy atom. The van der Waals surface area contributed by atoms with E-state index in [0.717, 1.165) is 0 Å². The van der Waals surface area contributed by atoms with E-state index in [2.05, 4.69) is 10.1 Å². The molecule has 12 heavy (non-hydrogen) atoms. The second-order valence-electron chi connectivity index (χ2n) is 3.01. The summed E-state index contributed by atoms with van der Waals surface area (Å²) in [5.41, 5.74) is 4.80. The van der Waals surface area contributed by atoms with E-state index < -0.39 is 12.2 Å². The molecule has 1 saturated heterocycles. The highest BCUT2D eigenvalue weighted by Crippen LogP contribution is 2.18. The minimum Gasteiger partial charge on any atom is -0.436 e. The summed E-state index contributed by atoms with van der Waals surface area (Å²) in [6.45, 7) is 3.68. The minimum absolute atomic E-state index is 0.0231. The maximum absolute atomic E-state index is 11.1. The van der Waals surface area contributed by atoms with Crippen LogP contribution in [0, 0.1) is 5.92 Å². The molecule has 0 radical (unpaired) electrons. The summed E-state index contributed by atoms with van der Waals surface area (Å²) in [6.07, 6.45) is -1.63. The molecule has 3 atom stereocenters. The molecule has 1 rings (SSSR count). The van der Waals surface area contributed by atoms with Gasteiger partial charge in [0.2, 0.25) is 0 Å². The van der Waals surface area contributed by atoms with Crippen LogP contribution in [0.25, 0.3) is 0 Å². The Morgan fingerprint density at radius 2 is 2.17 bits per heavy atom. The van der Waals surface area contributed by atoms with Crippen molar-refractivity contribution in [2.45, 2.75) is 26.0 Å². The first-order valence-corrected chi connectivity index (χ1v) is 3.79. The Hall–Kier alpha value is -1.26. The summed E-state index contributed by atoms with van der Waals surface area (Å²) in [5, 5.41) is 2.65. The third kappa shape index (κ3) is 1.49. The van der Waals surface area contributed by atoms with Crippen LogP contribution in [0.15, 0.2) is 0 Å². The molecule has 5 nitrogen and oxygen atoms in total. The van der Waals surface area contributed by atoms with Gasteiger partial charge in [-0.05, 0) is 6.92 Å². The summed E-state index contributed by atoms with van der Waals surface area (Å²) < 4.78 is 4.63. The molecule has 1 aliphatic rings. The van der Waals surface area contributed by atoms with E-state index in [0.29, 0.717) is 0 Å². The third-order valence-electron chi connectivity index (χ3n) is 2.14. The number of amides is 2. The molecule has 1 aliphatic heterocycles. The number of ether oxygens (including phenoxy) is 1. The molecule has 5 heteroatoms. The first-order chi connectivity index (χ1) is 5.52. The quantitative estimate of drug-likeness (QED) is 0.565. The van der Waals surface area contributed by atoms with Crippen LogP contribution in [0.1, 0.15) is 13.8 Å². The molecule has 0 unspecified atom stereocenters. The van der Waals surface area contributed by atoms with Crippen LogP contribution < -0.4 is 11.1 Å². The van der Waals surface area contributed by atoms with Gasteiger partial charge in [-0.3, -0.25) is 4.79 Å². The summed E-state index contributed by atoms with van der Waals surface area (Å²) >= 11 is 0. The number of nitrogens with one attached hydrogen (secondary N) is 1. The average Bonchev–Trinajstić information content (AvgIpc) is 2.16. The number of hydrogen-bond acceptors (Lipinski definition) is 3. The molecule has 1 heterocycles. The lowest BCUT2D eigenvalue weighted by Crippen LogP contribution is -2.32. The van der Waals surface area contributed by atoms with Crippen molar-refractivity contribution in [1.29, 1.82) is 0 Å². The van der Waals surface area contributed by atoms with Crippen molar-refractivity contribution < 1.29 is 14.3 Å².